The van der Waals surface area contributed by atoms with Gasteiger partial charge < -0.3 is 138 Å². The average molecular weight is 1740 g/mol. The van der Waals surface area contributed by atoms with E-state index in [4.69, 9.17) is 56.2 Å². The molecule has 122 heavy (non-hydrogen) atoms. The van der Waals surface area contributed by atoms with Crippen molar-refractivity contribution in [3.8, 4) is 62.9 Å². The lowest BCUT2D eigenvalue weighted by Gasteiger charge is -2.48. The number of carbonyl (C=O) groups is 8. The van der Waals surface area contributed by atoms with Crippen LogP contribution in [0.4, 0.5) is 0 Å². The van der Waals surface area contributed by atoms with E-state index in [1.807, 2.05) is 0 Å². The number of nitrogens with two attached hydrogens (primary N) is 2. The summed E-state index contributed by atoms with van der Waals surface area (Å²) in [6.45, 7) is 8.13. The first-order chi connectivity index (χ1) is 57.9. The van der Waals surface area contributed by atoms with Gasteiger partial charge in [-0.2, -0.15) is 0 Å². The van der Waals surface area contributed by atoms with Crippen LogP contribution >= 0.6 is 11.6 Å². The molecular formula is C82H100ClN11O27S. The average Bonchev–Trinajstić information content (AvgIpc) is 0.747. The molecule has 38 nitrogen and oxygen atoms in total. The lowest BCUT2D eigenvalue weighted by Crippen LogP contribution is -2.64. The van der Waals surface area contributed by atoms with Gasteiger partial charge in [0.1, 0.15) is 101 Å². The number of aromatic hydroxyl groups is 3. The number of carboxylic acids is 1. The molecule has 0 aromatic heterocycles. The highest BCUT2D eigenvalue weighted by Crippen LogP contribution is 2.52. The molecule has 40 heteroatoms. The summed E-state index contributed by atoms with van der Waals surface area (Å²) >= 11 is 7.14. The first-order valence-electron chi connectivity index (χ1n) is 39.7. The van der Waals surface area contributed by atoms with Crippen LogP contribution < -0.4 is 77.7 Å². The fourth-order valence-electron chi connectivity index (χ4n) is 15.5. The van der Waals surface area contributed by atoms with Gasteiger partial charge in [-0.25, -0.2) is 17.9 Å². The number of nitrogens with one attached hydrogen (secondary N) is 9. The van der Waals surface area contributed by atoms with Gasteiger partial charge in [-0.15, -0.1) is 0 Å². The smallest absolute Gasteiger partial charge is 0.330 e. The zero-order chi connectivity index (χ0) is 88.2. The number of hydrogen-bond donors (Lipinski definition) is 21. The third kappa shape index (κ3) is 19.9. The predicted octanol–water partition coefficient (Wildman–Crippen LogP) is 1.92. The molecule has 8 aliphatic rings. The van der Waals surface area contributed by atoms with Gasteiger partial charge in [-0.3, -0.25) is 33.6 Å². The van der Waals surface area contributed by atoms with Crippen LogP contribution in [0.3, 0.4) is 0 Å². The summed E-state index contributed by atoms with van der Waals surface area (Å²) in [5.74, 6) is -16.2. The van der Waals surface area contributed by atoms with Crippen molar-refractivity contribution in [2.45, 2.75) is 213 Å². The van der Waals surface area contributed by atoms with Crippen molar-refractivity contribution in [3.05, 3.63) is 141 Å². The van der Waals surface area contributed by atoms with Crippen LogP contribution in [-0.4, -0.2) is 212 Å². The van der Waals surface area contributed by atoms with Crippen LogP contribution in [0.2, 0.25) is 5.02 Å². The Labute approximate surface area is 704 Å². The third-order valence-corrected chi connectivity index (χ3v) is 23.8. The minimum atomic E-state index is -4.14. The normalized spacial score (nSPS) is 27.4. The number of carboxylic acid groups (broad SMARTS) is 1. The number of benzene rings is 6. The predicted molar refractivity (Wildman–Crippen MR) is 430 cm³/mol. The summed E-state index contributed by atoms with van der Waals surface area (Å²) in [5, 5.41) is 141. The molecule has 19 atom stereocenters. The molecule has 6 aromatic rings. The van der Waals surface area contributed by atoms with E-state index in [2.05, 4.69) is 54.2 Å². The molecule has 1 unspecified atom stereocenters. The molecule has 14 rings (SSSR count). The molecule has 23 N–H and O–H groups in total. The summed E-state index contributed by atoms with van der Waals surface area (Å²) in [6.07, 6.45) is -16.9. The number of fused-ring (bicyclic) bond motifs is 16. The Balaban J connectivity index is 1.01. The third-order valence-electron chi connectivity index (χ3n) is 22.1. The Hall–Kier alpha value is -10.6. The number of carbonyl (C=O) groups excluding carboxylic acids is 7. The monoisotopic (exact) mass is 1740 g/mol. The molecule has 0 spiro atoms. The topological polar surface area (TPSA) is 598 Å². The zero-order valence-corrected chi connectivity index (χ0v) is 68.6. The van der Waals surface area contributed by atoms with Crippen molar-refractivity contribution in [3.63, 3.8) is 0 Å². The number of aliphatic hydroxyl groups excluding tert-OH is 6. The number of hydrogen-bond acceptors (Lipinski definition) is 29. The van der Waals surface area contributed by atoms with Crippen LogP contribution in [0, 0.1) is 5.92 Å². The maximum absolute atomic E-state index is 16.4. The number of aliphatic hydroxyl groups is 6. The van der Waals surface area contributed by atoms with E-state index in [1.54, 1.807) is 13.8 Å². The number of phenolic OH excluding ortho intramolecular Hbond substituents is 3. The zero-order valence-electron chi connectivity index (χ0n) is 67.0. The second kappa shape index (κ2) is 38.0. The van der Waals surface area contributed by atoms with Crippen LogP contribution in [-0.2, 0) is 69.1 Å². The second-order valence-corrected chi connectivity index (χ2v) is 33.8. The lowest BCUT2D eigenvalue weighted by molar-refractivity contribution is -0.339. The quantitative estimate of drug-likeness (QED) is 0.0385. The van der Waals surface area contributed by atoms with Gasteiger partial charge in [0, 0.05) is 53.8 Å². The number of unbranched alkanes of at least 4 members (excludes halogenated alkanes) is 4. The van der Waals surface area contributed by atoms with E-state index < -0.39 is 276 Å². The molecule has 0 aliphatic carbocycles. The standard InChI is InChI=1S/C82H100ClN11O27S/c1-7-8-9-10-11-24-115-41-15-17-42(18-16-41)122(113,114)88-23-22-87-34-46-51(96)31-45-58(66(46)100)43-26-37(12-19-50(43)95)59-76(107)94-63(79(110)92-61(45)80(111)112)65(99)39-14-21-53(47(83)28-39)118-55-30-40-29-54-70(55)120-81-72(119-57-33-82(5,85)73(104)36(4)116-57)69(103)68(102)71(121-81)67(101)44-27-38(13-20-52(44)117-54)64(98)62(93-74(105)48(86-6)25-35(2)3)78(109)89-49(32-56(84)97)75(106)90-60(40)77(108)91-59/h12-21,26-31,35-36,48-49,57,59-65,67-69,71-73,81,86-88,95-96,98-104H,7-11,22-25,32-34,85H2,1-6H3,(H2,84,97)(H,89,109)(H,90,106)(H,91,108)(H,92,110)(H,93,105)(H,94,107)(H,111,112)/t36-,48+,49-,57-,59+,60+,61-,62+,63-,64+,65+,67?,68-,69-,71+,72+,73+,81+,82-/m0/s1. The summed E-state index contributed by atoms with van der Waals surface area (Å²) in [5.41, 5.74) is 6.82. The Morgan fingerprint density at radius 3 is 2.02 bits per heavy atom. The molecule has 658 valence electrons. The molecule has 2 fully saturated rings. The Kier molecular flexibility index (Phi) is 28.2. The van der Waals surface area contributed by atoms with Crippen molar-refractivity contribution in [1.29, 1.82) is 0 Å². The summed E-state index contributed by atoms with van der Waals surface area (Å²) in [4.78, 5) is 120. The number of ether oxygens (including phenoxy) is 7. The first kappa shape index (κ1) is 90.6. The van der Waals surface area contributed by atoms with Crippen molar-refractivity contribution in [2.24, 2.45) is 17.4 Å². The van der Waals surface area contributed by atoms with E-state index in [0.29, 0.717) is 12.4 Å². The SMILES string of the molecule is CCCCCCCOc1ccc(S(=O)(=O)NCCNCc2c(O)cc3c(c2O)-c2cc(ccc2O)[C@H]2NC(=O)[C@@H]4NC(=O)[C@H](CC(N)=O)NC(=O)[C@H](NC(=O)[C@@H](CC(C)C)NC)[C@H](O)c5ccc6c(c5)C(O)[C@H]5O[C@@H](Oc7c(cc4cc7O6)Oc4ccc(cc4Cl)[C@@H](O)[C@H](NC2=O)C(=O)N[C@@H]3C(=O)O)[C@H](O[C@H]2C[C@](C)(N)[C@H](O)[C@H](C)O2)[C@@H](O)[C@@H]5O)cc1. The molecule has 8 aliphatic heterocycles. The Morgan fingerprint density at radius 2 is 1.35 bits per heavy atom. The van der Waals surface area contributed by atoms with E-state index in [0.717, 1.165) is 98.8 Å². The number of phenols is 3. The van der Waals surface area contributed by atoms with Gasteiger partial charge in [-0.05, 0) is 141 Å². The molecule has 6 aromatic carbocycles. The molecule has 0 saturated carbocycles. The molecule has 8 heterocycles. The van der Waals surface area contributed by atoms with Crippen LogP contribution in [0.5, 0.6) is 51.7 Å². The fraction of sp³-hybridized carbons (Fsp3) is 0.463. The summed E-state index contributed by atoms with van der Waals surface area (Å²) in [6, 6.07) is 3.64. The van der Waals surface area contributed by atoms with Crippen LogP contribution in [0.15, 0.2) is 102 Å². The van der Waals surface area contributed by atoms with Crippen molar-refractivity contribution >= 4 is 68.9 Å². The lowest BCUT2D eigenvalue weighted by atomic mass is 9.86. The van der Waals surface area contributed by atoms with E-state index in [-0.39, 0.29) is 47.9 Å². The maximum atomic E-state index is 16.4. The van der Waals surface area contributed by atoms with Crippen LogP contribution in [0.25, 0.3) is 11.1 Å². The number of amides is 7. The highest BCUT2D eigenvalue weighted by atomic mass is 35.5. The number of rotatable bonds is 24. The van der Waals surface area contributed by atoms with Gasteiger partial charge in [0.25, 0.3) is 0 Å². The molecular weight excluding hydrogens is 1640 g/mol. The fourth-order valence-corrected chi connectivity index (χ4v) is 16.7. The van der Waals surface area contributed by atoms with Gasteiger partial charge >= 0.3 is 5.97 Å². The van der Waals surface area contributed by atoms with Gasteiger partial charge in [0.2, 0.25) is 63.4 Å². The summed E-state index contributed by atoms with van der Waals surface area (Å²) in [7, 11) is -2.69. The van der Waals surface area contributed by atoms with E-state index in [9.17, 15) is 73.9 Å². The Morgan fingerprint density at radius 1 is 0.697 bits per heavy atom. The minimum Gasteiger partial charge on any atom is -0.507 e. The minimum absolute atomic E-state index is 0.0929. The van der Waals surface area contributed by atoms with Crippen molar-refractivity contribution in [1.82, 2.24) is 47.3 Å². The highest BCUT2D eigenvalue weighted by Gasteiger charge is 2.54. The van der Waals surface area contributed by atoms with Gasteiger partial charge in [0.15, 0.2) is 29.9 Å². The Bertz CT molecular complexity index is 5070. The number of sulfonamides is 1. The molecule has 14 bridgehead atoms. The molecule has 0 radical (unpaired) electrons. The van der Waals surface area contributed by atoms with E-state index in [1.165, 1.54) is 51.2 Å². The van der Waals surface area contributed by atoms with Crippen molar-refractivity contribution in [2.75, 3.05) is 26.7 Å². The summed E-state index contributed by atoms with van der Waals surface area (Å²) < 4.78 is 74.3. The second-order valence-electron chi connectivity index (χ2n) is 31.6. The highest BCUT2D eigenvalue weighted by molar-refractivity contribution is 7.89. The number of aliphatic carboxylic acids is 1. The first-order valence-corrected chi connectivity index (χ1v) is 41.5. The van der Waals surface area contributed by atoms with Gasteiger partial charge in [-0.1, -0.05) is 76.3 Å². The van der Waals surface area contributed by atoms with Gasteiger partial charge in [0.05, 0.1) is 46.8 Å². The number of likely N-dealkylation sites (N-methyl/N-ethyl adjacent to an activating group) is 1. The molecule has 2 saturated heterocycles. The maximum Gasteiger partial charge on any atom is 0.330 e. The van der Waals surface area contributed by atoms with E-state index >= 15 is 24.0 Å². The molecule has 7 amide bonds. The number of primary amides is 1. The van der Waals surface area contributed by atoms with Crippen LogP contribution in [0.1, 0.15) is 161 Å². The largest absolute Gasteiger partial charge is 0.507 e. The van der Waals surface area contributed by atoms with Crippen molar-refractivity contribution < 1.29 is 131 Å². The number of halogens is 1.